The molecule has 2 amide bonds. The highest BCUT2D eigenvalue weighted by molar-refractivity contribution is 8.00. The molecule has 0 saturated carbocycles. The van der Waals surface area contributed by atoms with Crippen LogP contribution in [0.4, 0.5) is 17.1 Å². The molecule has 0 bridgehead atoms. The third-order valence-corrected chi connectivity index (χ3v) is 6.73. The van der Waals surface area contributed by atoms with Crippen LogP contribution < -0.4 is 19.9 Å². The highest BCUT2D eigenvalue weighted by Gasteiger charge is 2.34. The third kappa shape index (κ3) is 5.31. The number of hydrogen-bond acceptors (Lipinski definition) is 5. The number of methoxy groups -OCH3 is 1. The van der Waals surface area contributed by atoms with Gasteiger partial charge in [-0.3, -0.25) is 14.5 Å². The molecule has 1 aliphatic rings. The molecular weight excluding hydrogens is 434 g/mol. The summed E-state index contributed by atoms with van der Waals surface area (Å²) in [6.45, 7) is 0. The zero-order valence-corrected chi connectivity index (χ0v) is 19.8. The van der Waals surface area contributed by atoms with Crippen molar-refractivity contribution in [3.63, 3.8) is 0 Å². The molecule has 0 spiro atoms. The van der Waals surface area contributed by atoms with Crippen molar-refractivity contribution in [1.29, 1.82) is 0 Å². The molecule has 0 aliphatic carbocycles. The fraction of sp³-hybridized carbons (Fsp3) is 0.231. The highest BCUT2D eigenvalue weighted by atomic mass is 32.2. The molecule has 1 aliphatic heterocycles. The van der Waals surface area contributed by atoms with Gasteiger partial charge in [-0.05, 0) is 59.7 Å². The number of carbonyl (C=O) groups excluding carboxylic acids is 2. The van der Waals surface area contributed by atoms with Crippen LogP contribution in [0.2, 0.25) is 0 Å². The lowest BCUT2D eigenvalue weighted by Gasteiger charge is -2.25. The van der Waals surface area contributed by atoms with E-state index >= 15 is 0 Å². The first-order chi connectivity index (χ1) is 15.9. The fourth-order valence-electron chi connectivity index (χ4n) is 3.73. The summed E-state index contributed by atoms with van der Waals surface area (Å²) in [5, 5.41) is 2.85. The van der Waals surface area contributed by atoms with Crippen LogP contribution in [0.1, 0.15) is 16.5 Å². The Labute approximate surface area is 198 Å². The summed E-state index contributed by atoms with van der Waals surface area (Å²) in [4.78, 5) is 28.9. The number of anilines is 3. The first-order valence-electron chi connectivity index (χ1n) is 10.7. The number of nitrogens with one attached hydrogen (secondary N) is 1. The minimum absolute atomic E-state index is 0.0825. The Morgan fingerprint density at radius 2 is 1.70 bits per heavy atom. The van der Waals surface area contributed by atoms with Crippen LogP contribution in [-0.4, -0.2) is 38.8 Å². The number of ether oxygens (including phenoxy) is 1. The van der Waals surface area contributed by atoms with Crippen molar-refractivity contribution in [1.82, 2.24) is 0 Å². The van der Waals surface area contributed by atoms with Crippen molar-refractivity contribution in [3.05, 3.63) is 83.9 Å². The van der Waals surface area contributed by atoms with Gasteiger partial charge in [0.1, 0.15) is 11.1 Å². The largest absolute Gasteiger partial charge is 0.497 e. The second kappa shape index (κ2) is 10.0. The van der Waals surface area contributed by atoms with Gasteiger partial charge in [0, 0.05) is 31.2 Å². The van der Waals surface area contributed by atoms with Crippen LogP contribution in [0.3, 0.4) is 0 Å². The maximum Gasteiger partial charge on any atom is 0.238 e. The minimum atomic E-state index is -0.0910. The first kappa shape index (κ1) is 22.7. The van der Waals surface area contributed by atoms with Crippen LogP contribution >= 0.6 is 11.8 Å². The van der Waals surface area contributed by atoms with Gasteiger partial charge in [-0.25, -0.2) is 0 Å². The van der Waals surface area contributed by atoms with Crippen LogP contribution in [-0.2, 0) is 16.0 Å². The zero-order valence-electron chi connectivity index (χ0n) is 18.9. The minimum Gasteiger partial charge on any atom is -0.497 e. The van der Waals surface area contributed by atoms with Crippen LogP contribution in [0.5, 0.6) is 5.75 Å². The lowest BCUT2D eigenvalue weighted by molar-refractivity contribution is -0.116. The van der Waals surface area contributed by atoms with Gasteiger partial charge < -0.3 is 15.0 Å². The molecule has 3 aromatic rings. The van der Waals surface area contributed by atoms with Crippen molar-refractivity contribution in [2.24, 2.45) is 0 Å². The quantitative estimate of drug-likeness (QED) is 0.552. The lowest BCUT2D eigenvalue weighted by Crippen LogP contribution is -2.27. The second-order valence-corrected chi connectivity index (χ2v) is 9.10. The predicted molar refractivity (Wildman–Crippen MR) is 135 cm³/mol. The number of carbonyl (C=O) groups is 2. The summed E-state index contributed by atoms with van der Waals surface area (Å²) in [5.74, 6) is 1.22. The molecule has 1 atom stereocenters. The van der Waals surface area contributed by atoms with E-state index in [4.69, 9.17) is 4.74 Å². The molecule has 7 heteroatoms. The fourth-order valence-corrected chi connectivity index (χ4v) is 4.90. The van der Waals surface area contributed by atoms with Gasteiger partial charge in [-0.2, -0.15) is 0 Å². The van der Waals surface area contributed by atoms with Gasteiger partial charge in [-0.15, -0.1) is 11.8 Å². The van der Waals surface area contributed by atoms with Crippen LogP contribution in [0.15, 0.2) is 72.8 Å². The standard InChI is InChI=1S/C26H27N3O3S/c1-28(2)21-10-12-22(13-11-21)29-25(31)17-33-26(29)19-6-8-20(9-7-19)27-24(30)16-18-4-14-23(32-3)15-5-18/h4-15,26H,16-17H2,1-3H3,(H,27,30)/t26-/m1/s1. The van der Waals surface area contributed by atoms with Crippen LogP contribution in [0, 0.1) is 0 Å². The summed E-state index contributed by atoms with van der Waals surface area (Å²) in [6.07, 6.45) is 0.287. The monoisotopic (exact) mass is 461 g/mol. The van der Waals surface area contributed by atoms with Crippen LogP contribution in [0.25, 0.3) is 0 Å². The highest BCUT2D eigenvalue weighted by Crippen LogP contribution is 2.42. The molecule has 1 fully saturated rings. The van der Waals surface area contributed by atoms with E-state index in [-0.39, 0.29) is 23.6 Å². The number of thioether (sulfide) groups is 1. The van der Waals surface area contributed by atoms with Crippen molar-refractivity contribution < 1.29 is 14.3 Å². The van der Waals surface area contributed by atoms with Crippen molar-refractivity contribution in [3.8, 4) is 5.75 Å². The van der Waals surface area contributed by atoms with E-state index in [1.54, 1.807) is 18.9 Å². The SMILES string of the molecule is COc1ccc(CC(=O)Nc2ccc([C@H]3SCC(=O)N3c3ccc(N(C)C)cc3)cc2)cc1. The van der Waals surface area contributed by atoms with Crippen molar-refractivity contribution >= 4 is 40.6 Å². The van der Waals surface area contributed by atoms with Crippen molar-refractivity contribution in [2.75, 3.05) is 42.1 Å². The normalized spacial score (nSPS) is 15.4. The van der Waals surface area contributed by atoms with Gasteiger partial charge in [-0.1, -0.05) is 24.3 Å². The summed E-state index contributed by atoms with van der Waals surface area (Å²) in [6, 6.07) is 23.2. The van der Waals surface area contributed by atoms with Gasteiger partial charge in [0.15, 0.2) is 0 Å². The zero-order chi connectivity index (χ0) is 23.4. The second-order valence-electron chi connectivity index (χ2n) is 8.03. The van der Waals surface area contributed by atoms with E-state index in [1.807, 2.05) is 96.7 Å². The van der Waals surface area contributed by atoms with Gasteiger partial charge >= 0.3 is 0 Å². The Hall–Kier alpha value is -3.45. The average Bonchev–Trinajstić information content (AvgIpc) is 3.21. The smallest absolute Gasteiger partial charge is 0.238 e. The topological polar surface area (TPSA) is 61.9 Å². The molecule has 1 heterocycles. The molecule has 0 unspecified atom stereocenters. The summed E-state index contributed by atoms with van der Waals surface area (Å²) >= 11 is 1.61. The molecule has 3 aromatic carbocycles. The molecular formula is C26H27N3O3S. The average molecular weight is 462 g/mol. The number of amides is 2. The summed E-state index contributed by atoms with van der Waals surface area (Å²) < 4.78 is 5.15. The van der Waals surface area contributed by atoms with Crippen molar-refractivity contribution in [2.45, 2.75) is 11.8 Å². The molecule has 0 radical (unpaired) electrons. The maximum absolute atomic E-state index is 12.6. The number of benzene rings is 3. The molecule has 33 heavy (non-hydrogen) atoms. The number of rotatable bonds is 7. The number of nitrogens with zero attached hydrogens (tertiary/aromatic N) is 2. The van der Waals surface area contributed by atoms with Gasteiger partial charge in [0.05, 0.1) is 19.3 Å². The predicted octanol–water partition coefficient (Wildman–Crippen LogP) is 4.72. The van der Waals surface area contributed by atoms with E-state index in [2.05, 4.69) is 5.32 Å². The Morgan fingerprint density at radius 3 is 2.30 bits per heavy atom. The molecule has 0 aromatic heterocycles. The molecule has 6 nitrogen and oxygen atoms in total. The van der Waals surface area contributed by atoms with E-state index in [9.17, 15) is 9.59 Å². The summed E-state index contributed by atoms with van der Waals surface area (Å²) in [7, 11) is 5.60. The van der Waals surface area contributed by atoms with E-state index < -0.39 is 0 Å². The van der Waals surface area contributed by atoms with E-state index in [0.29, 0.717) is 5.75 Å². The third-order valence-electron chi connectivity index (χ3n) is 5.52. The molecule has 1 saturated heterocycles. The van der Waals surface area contributed by atoms with Gasteiger partial charge in [0.2, 0.25) is 11.8 Å². The Bertz CT molecular complexity index is 1110. The van der Waals surface area contributed by atoms with E-state index in [1.165, 1.54) is 0 Å². The maximum atomic E-state index is 12.6. The summed E-state index contributed by atoms with van der Waals surface area (Å²) in [5.41, 5.74) is 4.65. The Kier molecular flexibility index (Phi) is 6.89. The molecule has 1 N–H and O–H groups in total. The Balaban J connectivity index is 1.43. The lowest BCUT2D eigenvalue weighted by atomic mass is 10.1. The molecule has 4 rings (SSSR count). The molecule has 170 valence electrons. The van der Waals surface area contributed by atoms with Gasteiger partial charge in [0.25, 0.3) is 0 Å². The Morgan fingerprint density at radius 1 is 1.03 bits per heavy atom. The first-order valence-corrected chi connectivity index (χ1v) is 11.7. The van der Waals surface area contributed by atoms with E-state index in [0.717, 1.165) is 33.9 Å². The number of hydrogen-bond donors (Lipinski definition) is 1.